The van der Waals surface area contributed by atoms with E-state index >= 15 is 0 Å². The molecule has 1 aromatic heterocycles. The smallest absolute Gasteiger partial charge is 0.139 e. The third-order valence-electron chi connectivity index (χ3n) is 2.30. The summed E-state index contributed by atoms with van der Waals surface area (Å²) in [5.74, 6) is 0.614. The molecule has 5 heteroatoms. The number of halogens is 2. The summed E-state index contributed by atoms with van der Waals surface area (Å²) in [7, 11) is 1.89. The number of ether oxygens (including phenoxy) is 1. The van der Waals surface area contributed by atoms with Crippen molar-refractivity contribution < 1.29 is 4.74 Å². The van der Waals surface area contributed by atoms with Gasteiger partial charge in [0.15, 0.2) is 0 Å². The molecule has 0 aliphatic carbocycles. The average Bonchev–Trinajstić information content (AvgIpc) is 2.69. The van der Waals surface area contributed by atoms with E-state index in [9.17, 15) is 0 Å². The van der Waals surface area contributed by atoms with E-state index in [1.165, 1.54) is 0 Å². The lowest BCUT2D eigenvalue weighted by Gasteiger charge is -2.07. The molecule has 0 bridgehead atoms. The summed E-state index contributed by atoms with van der Waals surface area (Å²) in [5, 5.41) is 5.27. The predicted octanol–water partition coefficient (Wildman–Crippen LogP) is 3.35. The Hall–Kier alpha value is -1.19. The van der Waals surface area contributed by atoms with Crippen LogP contribution in [0, 0.1) is 0 Å². The van der Waals surface area contributed by atoms with Crippen LogP contribution in [0.2, 0.25) is 10.0 Å². The van der Waals surface area contributed by atoms with Crippen molar-refractivity contribution in [2.75, 3.05) is 6.61 Å². The molecule has 2 aromatic rings. The van der Waals surface area contributed by atoms with E-state index in [0.717, 1.165) is 12.0 Å². The Morgan fingerprint density at radius 2 is 2.18 bits per heavy atom. The van der Waals surface area contributed by atoms with Crippen molar-refractivity contribution in [3.8, 4) is 5.75 Å². The molecular weight excluding hydrogens is 259 g/mol. The Morgan fingerprint density at radius 3 is 2.88 bits per heavy atom. The Morgan fingerprint density at radius 1 is 1.35 bits per heavy atom. The van der Waals surface area contributed by atoms with Crippen LogP contribution >= 0.6 is 23.2 Å². The Kier molecular flexibility index (Phi) is 3.92. The van der Waals surface area contributed by atoms with E-state index in [-0.39, 0.29) is 0 Å². The Labute approximate surface area is 110 Å². The molecule has 1 heterocycles. The van der Waals surface area contributed by atoms with Gasteiger partial charge in [-0.15, -0.1) is 0 Å². The molecule has 0 saturated heterocycles. The Balaban J connectivity index is 1.91. The molecule has 0 radical (unpaired) electrons. The fourth-order valence-corrected chi connectivity index (χ4v) is 1.80. The highest BCUT2D eigenvalue weighted by Crippen LogP contribution is 2.27. The minimum Gasteiger partial charge on any atom is -0.492 e. The molecule has 0 aliphatic heterocycles. The van der Waals surface area contributed by atoms with Crippen molar-refractivity contribution in [3.05, 3.63) is 46.2 Å². The fraction of sp³-hybridized carbons (Fsp3) is 0.250. The largest absolute Gasteiger partial charge is 0.492 e. The van der Waals surface area contributed by atoms with Gasteiger partial charge >= 0.3 is 0 Å². The van der Waals surface area contributed by atoms with Gasteiger partial charge in [0.25, 0.3) is 0 Å². The number of aromatic nitrogens is 2. The van der Waals surface area contributed by atoms with Gasteiger partial charge in [0.2, 0.25) is 0 Å². The maximum absolute atomic E-state index is 5.98. The monoisotopic (exact) mass is 270 g/mol. The van der Waals surface area contributed by atoms with Gasteiger partial charge in [0.05, 0.1) is 17.8 Å². The molecule has 17 heavy (non-hydrogen) atoms. The van der Waals surface area contributed by atoms with Gasteiger partial charge in [-0.25, -0.2) is 0 Å². The number of benzene rings is 1. The van der Waals surface area contributed by atoms with Crippen molar-refractivity contribution in [2.24, 2.45) is 7.05 Å². The molecule has 0 atom stereocenters. The van der Waals surface area contributed by atoms with Crippen molar-refractivity contribution in [1.29, 1.82) is 0 Å². The van der Waals surface area contributed by atoms with E-state index < -0.39 is 0 Å². The zero-order chi connectivity index (χ0) is 12.3. The minimum atomic E-state index is 0.547. The molecule has 3 nitrogen and oxygen atoms in total. The molecule has 1 aromatic carbocycles. The van der Waals surface area contributed by atoms with Crippen LogP contribution in [0.25, 0.3) is 0 Å². The second kappa shape index (κ2) is 5.43. The number of aryl methyl sites for hydroxylation is 1. The van der Waals surface area contributed by atoms with Crippen LogP contribution in [-0.2, 0) is 13.5 Å². The summed E-state index contributed by atoms with van der Waals surface area (Å²) >= 11 is 11.8. The lowest BCUT2D eigenvalue weighted by atomic mass is 10.3. The first-order chi connectivity index (χ1) is 8.15. The molecule has 90 valence electrons. The van der Waals surface area contributed by atoms with Crippen LogP contribution in [0.15, 0.2) is 30.6 Å². The molecule has 0 N–H and O–H groups in total. The summed E-state index contributed by atoms with van der Waals surface area (Å²) in [5.41, 5.74) is 1.13. The lowest BCUT2D eigenvalue weighted by Crippen LogP contribution is -2.01. The van der Waals surface area contributed by atoms with Crippen LogP contribution in [0.1, 0.15) is 5.56 Å². The highest BCUT2D eigenvalue weighted by molar-refractivity contribution is 6.34. The van der Waals surface area contributed by atoms with Crippen molar-refractivity contribution in [3.63, 3.8) is 0 Å². The van der Waals surface area contributed by atoms with Crippen LogP contribution in [0.4, 0.5) is 0 Å². The van der Waals surface area contributed by atoms with Gasteiger partial charge in [0.1, 0.15) is 5.75 Å². The van der Waals surface area contributed by atoms with E-state index in [1.807, 2.05) is 19.4 Å². The van der Waals surface area contributed by atoms with E-state index in [1.54, 1.807) is 22.9 Å². The summed E-state index contributed by atoms with van der Waals surface area (Å²) in [6.07, 6.45) is 4.57. The van der Waals surface area contributed by atoms with Gasteiger partial charge in [0, 0.05) is 30.8 Å². The summed E-state index contributed by atoms with van der Waals surface area (Å²) < 4.78 is 7.34. The van der Waals surface area contributed by atoms with Gasteiger partial charge < -0.3 is 4.74 Å². The number of rotatable bonds is 4. The summed E-state index contributed by atoms with van der Waals surface area (Å²) in [4.78, 5) is 0. The van der Waals surface area contributed by atoms with Crippen LogP contribution in [-0.4, -0.2) is 16.4 Å². The zero-order valence-corrected chi connectivity index (χ0v) is 10.9. The third kappa shape index (κ3) is 3.38. The molecule has 0 fully saturated rings. The molecule has 0 saturated carbocycles. The first kappa shape index (κ1) is 12.3. The Bertz CT molecular complexity index is 511. The average molecular weight is 271 g/mol. The van der Waals surface area contributed by atoms with E-state index in [0.29, 0.717) is 22.4 Å². The number of hydrogen-bond acceptors (Lipinski definition) is 2. The third-order valence-corrected chi connectivity index (χ3v) is 2.85. The molecule has 0 unspecified atom stereocenters. The second-order valence-electron chi connectivity index (χ2n) is 3.70. The normalized spacial score (nSPS) is 10.5. The minimum absolute atomic E-state index is 0.547. The summed E-state index contributed by atoms with van der Waals surface area (Å²) in [6.45, 7) is 0.547. The van der Waals surface area contributed by atoms with Crippen LogP contribution < -0.4 is 4.74 Å². The lowest BCUT2D eigenvalue weighted by molar-refractivity contribution is 0.322. The highest BCUT2D eigenvalue weighted by Gasteiger charge is 2.03. The topological polar surface area (TPSA) is 27.1 Å². The fourth-order valence-electron chi connectivity index (χ4n) is 1.47. The molecule has 0 amide bonds. The maximum Gasteiger partial charge on any atom is 0.139 e. The van der Waals surface area contributed by atoms with E-state index in [2.05, 4.69) is 5.10 Å². The molecular formula is C12H12Cl2N2O. The SMILES string of the molecule is Cn1cc(CCOc2cc(Cl)ccc2Cl)cn1. The number of nitrogens with zero attached hydrogens (tertiary/aromatic N) is 2. The second-order valence-corrected chi connectivity index (χ2v) is 4.54. The molecule has 0 aliphatic rings. The number of hydrogen-bond donors (Lipinski definition) is 0. The van der Waals surface area contributed by atoms with Gasteiger partial charge in [-0.3, -0.25) is 4.68 Å². The van der Waals surface area contributed by atoms with Crippen LogP contribution in [0.5, 0.6) is 5.75 Å². The standard InChI is InChI=1S/C12H12Cl2N2O/c1-16-8-9(7-15-16)4-5-17-12-6-10(13)2-3-11(12)14/h2-3,6-8H,4-5H2,1H3. The van der Waals surface area contributed by atoms with Crippen molar-refractivity contribution in [2.45, 2.75) is 6.42 Å². The van der Waals surface area contributed by atoms with Crippen LogP contribution in [0.3, 0.4) is 0 Å². The highest BCUT2D eigenvalue weighted by atomic mass is 35.5. The van der Waals surface area contributed by atoms with Gasteiger partial charge in [-0.05, 0) is 17.7 Å². The molecule has 2 rings (SSSR count). The van der Waals surface area contributed by atoms with Gasteiger partial charge in [-0.1, -0.05) is 23.2 Å². The van der Waals surface area contributed by atoms with E-state index in [4.69, 9.17) is 27.9 Å². The van der Waals surface area contributed by atoms with Gasteiger partial charge in [-0.2, -0.15) is 5.10 Å². The predicted molar refractivity (Wildman–Crippen MR) is 68.9 cm³/mol. The summed E-state index contributed by atoms with van der Waals surface area (Å²) in [6, 6.07) is 5.17. The van der Waals surface area contributed by atoms with Crippen molar-refractivity contribution in [1.82, 2.24) is 9.78 Å². The first-order valence-corrected chi connectivity index (χ1v) is 5.96. The quantitative estimate of drug-likeness (QED) is 0.852. The van der Waals surface area contributed by atoms with Crippen molar-refractivity contribution >= 4 is 23.2 Å². The zero-order valence-electron chi connectivity index (χ0n) is 9.36. The molecule has 0 spiro atoms. The first-order valence-electron chi connectivity index (χ1n) is 5.20. The maximum atomic E-state index is 5.98.